The summed E-state index contributed by atoms with van der Waals surface area (Å²) in [4.78, 5) is 29.0. The fraction of sp³-hybridized carbons (Fsp3) is 0.595. The number of hydrogen-bond donors (Lipinski definition) is 2. The van der Waals surface area contributed by atoms with Crippen LogP contribution in [-0.2, 0) is 17.6 Å². The van der Waals surface area contributed by atoms with Crippen LogP contribution in [0.4, 0.5) is 5.82 Å². The van der Waals surface area contributed by atoms with Gasteiger partial charge in [-0.15, -0.1) is 0 Å². The summed E-state index contributed by atoms with van der Waals surface area (Å²) < 4.78 is 0. The van der Waals surface area contributed by atoms with Gasteiger partial charge >= 0.3 is 0 Å². The maximum atomic E-state index is 11.3. The molecule has 8 heteroatoms. The van der Waals surface area contributed by atoms with E-state index in [0.29, 0.717) is 18.6 Å². The molecule has 1 amide bonds. The zero-order valence-corrected chi connectivity index (χ0v) is 30.8. The first-order valence-electron chi connectivity index (χ1n) is 19.7. The molecule has 2 aliphatic carbocycles. The molecule has 3 aromatic rings. The number of allylic oxidation sites excluding steroid dienone is 1. The summed E-state index contributed by atoms with van der Waals surface area (Å²) >= 11 is 0. The van der Waals surface area contributed by atoms with Crippen molar-refractivity contribution in [1.82, 2.24) is 30.4 Å². The maximum absolute atomic E-state index is 11.3. The molecule has 1 saturated carbocycles. The average Bonchev–Trinajstić information content (AvgIpc) is 3.82. The summed E-state index contributed by atoms with van der Waals surface area (Å²) in [5.74, 6) is 1.88. The van der Waals surface area contributed by atoms with Crippen molar-refractivity contribution in [1.29, 1.82) is 0 Å². The van der Waals surface area contributed by atoms with Crippen LogP contribution in [-0.4, -0.2) is 96.7 Å². The van der Waals surface area contributed by atoms with Crippen LogP contribution in [0.2, 0.25) is 0 Å². The van der Waals surface area contributed by atoms with Gasteiger partial charge in [0.15, 0.2) is 0 Å². The van der Waals surface area contributed by atoms with Crippen molar-refractivity contribution in [2.24, 2.45) is 0 Å². The van der Waals surface area contributed by atoms with Crippen LogP contribution in [0.1, 0.15) is 93.6 Å². The predicted octanol–water partition coefficient (Wildman–Crippen LogP) is 6.53. The summed E-state index contributed by atoms with van der Waals surface area (Å²) in [7, 11) is 2.17. The number of likely N-dealkylation sites (tertiary alicyclic amines) is 2. The number of rotatable bonds is 10. The Morgan fingerprint density at radius 2 is 1.76 bits per heavy atom. The van der Waals surface area contributed by atoms with Crippen LogP contribution in [0, 0.1) is 6.92 Å². The lowest BCUT2D eigenvalue weighted by Crippen LogP contribution is -2.63. The van der Waals surface area contributed by atoms with Gasteiger partial charge in [0.1, 0.15) is 11.6 Å². The van der Waals surface area contributed by atoms with E-state index in [1.54, 1.807) is 0 Å². The highest BCUT2D eigenvalue weighted by molar-refractivity contribution is 5.94. The monoisotopic (exact) mass is 677 g/mol. The molecule has 3 saturated heterocycles. The van der Waals surface area contributed by atoms with Gasteiger partial charge in [0, 0.05) is 56.1 Å². The van der Waals surface area contributed by atoms with Crippen LogP contribution in [0.3, 0.4) is 0 Å². The van der Waals surface area contributed by atoms with Crippen molar-refractivity contribution < 1.29 is 4.79 Å². The van der Waals surface area contributed by atoms with Gasteiger partial charge in [0.25, 0.3) is 0 Å². The minimum atomic E-state index is 0.228. The van der Waals surface area contributed by atoms with Gasteiger partial charge in [-0.3, -0.25) is 9.69 Å². The van der Waals surface area contributed by atoms with E-state index in [9.17, 15) is 4.79 Å². The number of aromatic nitrogens is 2. The van der Waals surface area contributed by atoms with Crippen LogP contribution >= 0.6 is 0 Å². The molecule has 3 aliphatic heterocycles. The molecule has 4 heterocycles. The highest BCUT2D eigenvalue weighted by atomic mass is 16.1. The number of nitrogens with zero attached hydrogens (tertiary/aromatic N) is 5. The SMILES string of the molecule is CCc1nc(N2C(CNC=O)CC2CNC2CCN(C3CCCCC3)C2)c2ccc(-c3cc(C)cc4c3C=CCC4)cc2n1.CN1CCCC1. The predicted molar refractivity (Wildman–Crippen MR) is 207 cm³/mol. The minimum absolute atomic E-state index is 0.228. The van der Waals surface area contributed by atoms with Crippen LogP contribution in [0.25, 0.3) is 28.1 Å². The zero-order valence-electron chi connectivity index (χ0n) is 30.8. The van der Waals surface area contributed by atoms with E-state index in [0.717, 1.165) is 67.2 Å². The van der Waals surface area contributed by atoms with Gasteiger partial charge in [0.05, 0.1) is 11.6 Å². The first kappa shape index (κ1) is 35.1. The van der Waals surface area contributed by atoms with Crippen LogP contribution in [0.5, 0.6) is 0 Å². The normalized spacial score (nSPS) is 24.1. The fourth-order valence-corrected chi connectivity index (χ4v) is 9.14. The molecule has 4 fully saturated rings. The quantitative estimate of drug-likeness (QED) is 0.237. The number of hydrogen-bond acceptors (Lipinski definition) is 7. The number of fused-ring (bicyclic) bond motifs is 2. The van der Waals surface area contributed by atoms with Crippen molar-refractivity contribution >= 4 is 29.2 Å². The summed E-state index contributed by atoms with van der Waals surface area (Å²) in [6.45, 7) is 10.9. The Balaban J connectivity index is 0.000000593. The standard InChI is InChI=1S/C37H48N6O.C5H11N/c1-3-36-40-35-19-27(34-18-25(2)17-26-9-7-8-12-32(26)34)13-14-33(35)37(41-36)43-30(21-38-24-44)20-31(43)22-39-28-15-16-42(23-28)29-10-5-4-6-11-29;1-6-4-2-3-5-6/h8,12-14,17-19,24,28-31,39H,3-7,9-11,15-16,20-23H2,1-2H3,(H,38,44);2-5H2,1H3. The van der Waals surface area contributed by atoms with Gasteiger partial charge in [-0.25, -0.2) is 9.97 Å². The third-order valence-electron chi connectivity index (χ3n) is 11.9. The molecule has 268 valence electrons. The van der Waals surface area contributed by atoms with E-state index in [4.69, 9.17) is 9.97 Å². The van der Waals surface area contributed by atoms with Crippen LogP contribution in [0.15, 0.2) is 36.4 Å². The Hall–Kier alpha value is -3.33. The molecule has 3 unspecified atom stereocenters. The topological polar surface area (TPSA) is 76.6 Å². The largest absolute Gasteiger partial charge is 0.357 e. The highest BCUT2D eigenvalue weighted by Gasteiger charge is 2.40. The van der Waals surface area contributed by atoms with E-state index < -0.39 is 0 Å². The third-order valence-corrected chi connectivity index (χ3v) is 11.9. The molecule has 0 bridgehead atoms. The van der Waals surface area contributed by atoms with Crippen molar-refractivity contribution in [2.75, 3.05) is 51.2 Å². The molecule has 50 heavy (non-hydrogen) atoms. The minimum Gasteiger partial charge on any atom is -0.357 e. The Morgan fingerprint density at radius 1 is 0.940 bits per heavy atom. The number of carbonyl (C=O) groups excluding carboxylic acids is 1. The van der Waals surface area contributed by atoms with Crippen LogP contribution < -0.4 is 15.5 Å². The number of anilines is 1. The molecule has 0 radical (unpaired) electrons. The molecule has 5 aliphatic rings. The molecule has 2 N–H and O–H groups in total. The Kier molecular flexibility index (Phi) is 11.5. The van der Waals surface area contributed by atoms with Gasteiger partial charge in [0.2, 0.25) is 6.41 Å². The lowest BCUT2D eigenvalue weighted by Gasteiger charge is -2.50. The first-order chi connectivity index (χ1) is 24.5. The summed E-state index contributed by atoms with van der Waals surface area (Å²) in [6.07, 6.45) is 20.4. The van der Waals surface area contributed by atoms with Crippen molar-refractivity contribution in [3.8, 4) is 11.1 Å². The lowest BCUT2D eigenvalue weighted by atomic mass is 9.88. The van der Waals surface area contributed by atoms with E-state index >= 15 is 0 Å². The van der Waals surface area contributed by atoms with Gasteiger partial charge in [-0.2, -0.15) is 0 Å². The second-order valence-corrected chi connectivity index (χ2v) is 15.5. The Morgan fingerprint density at radius 3 is 2.52 bits per heavy atom. The molecule has 8 rings (SSSR count). The van der Waals surface area contributed by atoms with Crippen molar-refractivity contribution in [2.45, 2.75) is 115 Å². The van der Waals surface area contributed by atoms with E-state index in [1.165, 1.54) is 105 Å². The molecule has 8 nitrogen and oxygen atoms in total. The fourth-order valence-electron chi connectivity index (χ4n) is 9.14. The number of amides is 1. The Bertz CT molecular complexity index is 1640. The first-order valence-corrected chi connectivity index (χ1v) is 19.7. The smallest absolute Gasteiger partial charge is 0.207 e. The highest BCUT2D eigenvalue weighted by Crippen LogP contribution is 2.38. The van der Waals surface area contributed by atoms with Gasteiger partial charge in [-0.05, 0) is 113 Å². The van der Waals surface area contributed by atoms with Gasteiger partial charge < -0.3 is 20.4 Å². The maximum Gasteiger partial charge on any atom is 0.207 e. The second-order valence-electron chi connectivity index (χ2n) is 15.5. The van der Waals surface area contributed by atoms with E-state index in [-0.39, 0.29) is 6.04 Å². The number of nitrogens with one attached hydrogen (secondary N) is 2. The van der Waals surface area contributed by atoms with Crippen molar-refractivity contribution in [3.63, 3.8) is 0 Å². The van der Waals surface area contributed by atoms with E-state index in [1.807, 2.05) is 0 Å². The molecular weight excluding hydrogens is 619 g/mol. The molecule has 2 aromatic carbocycles. The van der Waals surface area contributed by atoms with E-state index in [2.05, 4.69) is 88.7 Å². The van der Waals surface area contributed by atoms with Gasteiger partial charge in [-0.1, -0.05) is 62.1 Å². The summed E-state index contributed by atoms with van der Waals surface area (Å²) in [6, 6.07) is 13.3. The van der Waals surface area contributed by atoms with Crippen molar-refractivity contribution in [3.05, 3.63) is 58.9 Å². The molecule has 3 atom stereocenters. The molecule has 0 spiro atoms. The summed E-state index contributed by atoms with van der Waals surface area (Å²) in [5, 5.41) is 7.99. The number of benzene rings is 2. The number of aryl methyl sites for hydroxylation is 3. The molecule has 1 aromatic heterocycles. The average molecular weight is 678 g/mol. The number of carbonyl (C=O) groups is 1. The third kappa shape index (κ3) is 7.93. The summed E-state index contributed by atoms with van der Waals surface area (Å²) in [5.41, 5.74) is 7.57. The second kappa shape index (κ2) is 16.3. The lowest BCUT2D eigenvalue weighted by molar-refractivity contribution is -0.109. The Labute approximate surface area is 300 Å². The molecular formula is C42H59N7O. The zero-order chi connectivity index (χ0) is 34.5.